The second-order valence-electron chi connectivity index (χ2n) is 7.03. The van der Waals surface area contributed by atoms with Gasteiger partial charge >= 0.3 is 0 Å². The van der Waals surface area contributed by atoms with E-state index in [1.165, 1.54) is 11.8 Å². The first-order valence-corrected chi connectivity index (χ1v) is 12.1. The number of carbonyl (C=O) groups excluding carboxylic acids is 1. The van der Waals surface area contributed by atoms with Gasteiger partial charge in [-0.15, -0.1) is 0 Å². The molecule has 0 aliphatic carbocycles. The predicted octanol–water partition coefficient (Wildman–Crippen LogP) is 5.94. The van der Waals surface area contributed by atoms with Crippen LogP contribution in [0.2, 0.25) is 0 Å². The number of nitrogens with zero attached hydrogens (tertiary/aromatic N) is 3. The Morgan fingerprint density at radius 1 is 1.16 bits per heavy atom. The van der Waals surface area contributed by atoms with Gasteiger partial charge < -0.3 is 9.64 Å². The van der Waals surface area contributed by atoms with E-state index in [2.05, 4.69) is 52.9 Å². The van der Waals surface area contributed by atoms with Gasteiger partial charge in [0.15, 0.2) is 5.17 Å². The zero-order chi connectivity index (χ0) is 22.2. The third kappa shape index (κ3) is 5.99. The lowest BCUT2D eigenvalue weighted by Crippen LogP contribution is -2.30. The second kappa shape index (κ2) is 11.5. The van der Waals surface area contributed by atoms with E-state index in [4.69, 9.17) is 9.73 Å². The molecule has 2 aromatic rings. The lowest BCUT2D eigenvalue weighted by molar-refractivity contribution is -0.122. The molecule has 1 saturated heterocycles. The summed E-state index contributed by atoms with van der Waals surface area (Å²) in [5.74, 6) is -0.0141. The Morgan fingerprint density at radius 3 is 2.55 bits per heavy atom. The van der Waals surface area contributed by atoms with E-state index in [1.54, 1.807) is 12.0 Å². The molecule has 5 nitrogen and oxygen atoms in total. The van der Waals surface area contributed by atoms with Crippen LogP contribution in [0.15, 0.2) is 62.9 Å². The minimum atomic E-state index is -0.0141. The lowest BCUT2D eigenvalue weighted by atomic mass is 10.1. The van der Waals surface area contributed by atoms with Crippen LogP contribution in [-0.4, -0.2) is 49.3 Å². The number of para-hydroxylation sites is 1. The number of amides is 1. The molecule has 2 aromatic carbocycles. The highest BCUT2D eigenvalue weighted by Gasteiger charge is 2.33. The molecule has 31 heavy (non-hydrogen) atoms. The van der Waals surface area contributed by atoms with E-state index in [9.17, 15) is 4.79 Å². The van der Waals surface area contributed by atoms with Gasteiger partial charge in [-0.1, -0.05) is 24.3 Å². The van der Waals surface area contributed by atoms with E-state index in [1.807, 2.05) is 36.4 Å². The number of halogens is 1. The third-order valence-corrected chi connectivity index (χ3v) is 6.61. The number of anilines is 1. The van der Waals surface area contributed by atoms with Crippen molar-refractivity contribution in [1.82, 2.24) is 4.90 Å². The Bertz CT molecular complexity index is 959. The van der Waals surface area contributed by atoms with Crippen LogP contribution in [-0.2, 0) is 9.53 Å². The zero-order valence-electron chi connectivity index (χ0n) is 18.2. The van der Waals surface area contributed by atoms with Crippen molar-refractivity contribution in [2.75, 3.05) is 38.3 Å². The van der Waals surface area contributed by atoms with Gasteiger partial charge in [0.25, 0.3) is 5.91 Å². The summed E-state index contributed by atoms with van der Waals surface area (Å²) in [5.41, 5.74) is 2.98. The molecule has 1 aliphatic heterocycles. The van der Waals surface area contributed by atoms with Crippen LogP contribution in [0.3, 0.4) is 0 Å². The van der Waals surface area contributed by atoms with Crippen molar-refractivity contribution in [3.05, 3.63) is 63.5 Å². The quantitative estimate of drug-likeness (QED) is 0.315. The first-order valence-electron chi connectivity index (χ1n) is 10.5. The predicted molar refractivity (Wildman–Crippen MR) is 135 cm³/mol. The summed E-state index contributed by atoms with van der Waals surface area (Å²) in [5, 5.41) is 0.706. The van der Waals surface area contributed by atoms with Crippen molar-refractivity contribution < 1.29 is 9.53 Å². The Morgan fingerprint density at radius 2 is 1.90 bits per heavy atom. The number of benzene rings is 2. The normalized spacial score (nSPS) is 16.5. The summed E-state index contributed by atoms with van der Waals surface area (Å²) in [7, 11) is 1.67. The van der Waals surface area contributed by atoms with E-state index in [0.29, 0.717) is 23.2 Å². The highest BCUT2D eigenvalue weighted by atomic mass is 79.9. The monoisotopic (exact) mass is 501 g/mol. The molecule has 0 bridgehead atoms. The van der Waals surface area contributed by atoms with Crippen LogP contribution in [0.25, 0.3) is 6.08 Å². The molecule has 0 unspecified atom stereocenters. The van der Waals surface area contributed by atoms with Gasteiger partial charge in [0.1, 0.15) is 0 Å². The summed E-state index contributed by atoms with van der Waals surface area (Å²) < 4.78 is 6.19. The molecule has 1 heterocycles. The molecule has 7 heteroatoms. The Kier molecular flexibility index (Phi) is 8.75. The van der Waals surface area contributed by atoms with Crippen molar-refractivity contribution in [2.24, 2.45) is 4.99 Å². The smallest absolute Gasteiger partial charge is 0.266 e. The molecular formula is C24H28BrN3O2S. The molecule has 0 saturated carbocycles. The van der Waals surface area contributed by atoms with Crippen molar-refractivity contribution in [1.29, 1.82) is 0 Å². The number of thioether (sulfide) groups is 1. The lowest BCUT2D eigenvalue weighted by Gasteiger charge is -2.22. The number of methoxy groups -OCH3 is 1. The molecular weight excluding hydrogens is 474 g/mol. The number of amidine groups is 1. The Hall–Kier alpha value is -2.09. The molecule has 1 amide bonds. The van der Waals surface area contributed by atoms with Crippen molar-refractivity contribution >= 4 is 56.2 Å². The first-order chi connectivity index (χ1) is 15.1. The molecule has 164 valence electrons. The number of carbonyl (C=O) groups is 1. The molecule has 0 spiro atoms. The first kappa shape index (κ1) is 23.6. The fourth-order valence-electron chi connectivity index (χ4n) is 3.35. The van der Waals surface area contributed by atoms with Crippen molar-refractivity contribution in [2.45, 2.75) is 20.3 Å². The summed E-state index contributed by atoms with van der Waals surface area (Å²) >= 11 is 5.11. The molecule has 0 radical (unpaired) electrons. The molecule has 1 aliphatic rings. The third-order valence-electron chi connectivity index (χ3n) is 4.97. The van der Waals surface area contributed by atoms with Gasteiger partial charge in [0, 0.05) is 37.8 Å². The standard InChI is InChI=1S/C24H28BrN3O2S/c1-4-27(5-2)21-13-12-18(16-20(21)25)17-22-23(29)28(14-9-15-30-3)24(31-22)26-19-10-7-6-8-11-19/h6-8,10-13,16-17H,4-5,9,14-15H2,1-3H3/b22-17-,26-24?. The fraction of sp³-hybridized carbons (Fsp3) is 0.333. The summed E-state index contributed by atoms with van der Waals surface area (Å²) in [6.07, 6.45) is 2.70. The maximum atomic E-state index is 13.2. The average molecular weight is 502 g/mol. The SMILES string of the molecule is CCN(CC)c1ccc(/C=C2\SC(=Nc3ccccc3)N(CCCOC)C2=O)cc1Br. The van der Waals surface area contributed by atoms with E-state index >= 15 is 0 Å². The van der Waals surface area contributed by atoms with Gasteiger partial charge in [0.05, 0.1) is 16.3 Å². The maximum absolute atomic E-state index is 13.2. The summed E-state index contributed by atoms with van der Waals surface area (Å²) in [6.45, 7) is 7.36. The number of aliphatic imine (C=N–C) groups is 1. The minimum Gasteiger partial charge on any atom is -0.385 e. The number of hydrogen-bond acceptors (Lipinski definition) is 5. The molecule has 0 N–H and O–H groups in total. The second-order valence-corrected chi connectivity index (χ2v) is 8.89. The topological polar surface area (TPSA) is 45.1 Å². The fourth-order valence-corrected chi connectivity index (χ4v) is 5.03. The van der Waals surface area contributed by atoms with Crippen LogP contribution in [0, 0.1) is 0 Å². The molecule has 0 aromatic heterocycles. The van der Waals surface area contributed by atoms with Crippen LogP contribution in [0.4, 0.5) is 11.4 Å². The molecule has 1 fully saturated rings. The largest absolute Gasteiger partial charge is 0.385 e. The highest BCUT2D eigenvalue weighted by molar-refractivity contribution is 9.10. The Labute approximate surface area is 197 Å². The van der Waals surface area contributed by atoms with E-state index in [0.717, 1.165) is 40.9 Å². The van der Waals surface area contributed by atoms with E-state index in [-0.39, 0.29) is 5.91 Å². The Balaban J connectivity index is 1.88. The number of ether oxygens (including phenoxy) is 1. The summed E-state index contributed by atoms with van der Waals surface area (Å²) in [4.78, 5) is 22.6. The number of hydrogen-bond donors (Lipinski definition) is 0. The van der Waals surface area contributed by atoms with E-state index < -0.39 is 0 Å². The van der Waals surface area contributed by atoms with Gasteiger partial charge in [0.2, 0.25) is 0 Å². The van der Waals surface area contributed by atoms with Crippen molar-refractivity contribution in [3.63, 3.8) is 0 Å². The van der Waals surface area contributed by atoms with Crippen LogP contribution >= 0.6 is 27.7 Å². The van der Waals surface area contributed by atoms with Gasteiger partial charge in [-0.25, -0.2) is 4.99 Å². The van der Waals surface area contributed by atoms with Gasteiger partial charge in [-0.3, -0.25) is 9.69 Å². The van der Waals surface area contributed by atoms with Gasteiger partial charge in [-0.05, 0) is 83.9 Å². The maximum Gasteiger partial charge on any atom is 0.266 e. The molecule has 0 atom stereocenters. The zero-order valence-corrected chi connectivity index (χ0v) is 20.6. The summed E-state index contributed by atoms with van der Waals surface area (Å²) in [6, 6.07) is 16.0. The van der Waals surface area contributed by atoms with Crippen LogP contribution < -0.4 is 4.90 Å². The molecule has 3 rings (SSSR count). The average Bonchev–Trinajstić information content (AvgIpc) is 3.05. The van der Waals surface area contributed by atoms with Crippen LogP contribution in [0.5, 0.6) is 0 Å². The number of rotatable bonds is 9. The van der Waals surface area contributed by atoms with Crippen LogP contribution in [0.1, 0.15) is 25.8 Å². The highest BCUT2D eigenvalue weighted by Crippen LogP contribution is 2.35. The minimum absolute atomic E-state index is 0.0141. The van der Waals surface area contributed by atoms with Gasteiger partial charge in [-0.2, -0.15) is 0 Å². The van der Waals surface area contributed by atoms with Crippen molar-refractivity contribution in [3.8, 4) is 0 Å².